The summed E-state index contributed by atoms with van der Waals surface area (Å²) in [5.74, 6) is -0.978. The normalized spacial score (nSPS) is 14.5. The van der Waals surface area contributed by atoms with Crippen LogP contribution < -0.4 is 5.56 Å². The second kappa shape index (κ2) is 7.87. The molecule has 30 heavy (non-hydrogen) atoms. The summed E-state index contributed by atoms with van der Waals surface area (Å²) in [6, 6.07) is 6.24. The van der Waals surface area contributed by atoms with Crippen molar-refractivity contribution in [2.45, 2.75) is 26.7 Å². The predicted molar refractivity (Wildman–Crippen MR) is 117 cm³/mol. The lowest BCUT2D eigenvalue weighted by molar-refractivity contribution is -0.123. The Hall–Kier alpha value is -3.26. The number of carboxylic acid groups (broad SMARTS) is 1. The number of carbonyl (C=O) groups is 2. The molecule has 1 aliphatic rings. The molecule has 2 aromatic heterocycles. The summed E-state index contributed by atoms with van der Waals surface area (Å²) in [5, 5.41) is 9.65. The quantitative estimate of drug-likeness (QED) is 0.626. The average molecular weight is 423 g/mol. The number of hydrogen-bond donors (Lipinski definition) is 2. The molecule has 3 heterocycles. The van der Waals surface area contributed by atoms with Crippen LogP contribution in [0.1, 0.15) is 45.0 Å². The maximum atomic E-state index is 13.2. The minimum atomic E-state index is -1.02. The first-order valence-electron chi connectivity index (χ1n) is 9.70. The molecule has 0 spiro atoms. The van der Waals surface area contributed by atoms with Gasteiger partial charge in [0.2, 0.25) is 0 Å². The summed E-state index contributed by atoms with van der Waals surface area (Å²) in [6.45, 7) is 5.16. The number of aromatic nitrogens is 2. The smallest absolute Gasteiger partial charge is 0.335 e. The molecule has 3 aromatic rings. The van der Waals surface area contributed by atoms with Crippen molar-refractivity contribution in [1.82, 2.24) is 14.9 Å². The Bertz CT molecular complexity index is 1230. The number of fused-ring (bicyclic) bond motifs is 1. The van der Waals surface area contributed by atoms with Crippen molar-refractivity contribution < 1.29 is 14.7 Å². The van der Waals surface area contributed by atoms with E-state index in [1.165, 1.54) is 23.5 Å². The third-order valence-electron chi connectivity index (χ3n) is 5.39. The Morgan fingerprint density at radius 3 is 2.47 bits per heavy atom. The SMILES string of the molecule is Cc1sc2nc(C(=Cc3ccc(C(=O)O)cc3)C(=O)N3CCCC3)[nH]c(=O)c2c1C. The van der Waals surface area contributed by atoms with Crippen LogP contribution in [0, 0.1) is 13.8 Å². The van der Waals surface area contributed by atoms with Gasteiger partial charge in [-0.2, -0.15) is 0 Å². The van der Waals surface area contributed by atoms with Crippen molar-refractivity contribution in [3.05, 3.63) is 62.0 Å². The van der Waals surface area contributed by atoms with Crippen LogP contribution in [0.5, 0.6) is 0 Å². The number of benzene rings is 1. The highest BCUT2D eigenvalue weighted by atomic mass is 32.1. The van der Waals surface area contributed by atoms with E-state index in [1.54, 1.807) is 23.1 Å². The molecular formula is C22H21N3O4S. The third-order valence-corrected chi connectivity index (χ3v) is 6.49. The van der Waals surface area contributed by atoms with Crippen molar-refractivity contribution in [3.63, 3.8) is 0 Å². The van der Waals surface area contributed by atoms with Crippen molar-refractivity contribution in [2.24, 2.45) is 0 Å². The standard InChI is InChI=1S/C22H21N3O4S/c1-12-13(2)30-20-17(12)19(26)23-18(24-20)16(21(27)25-9-3-4-10-25)11-14-5-7-15(8-6-14)22(28)29/h5-8,11H,3-4,9-10H2,1-2H3,(H,28,29)(H,23,24,26). The maximum absolute atomic E-state index is 13.2. The summed E-state index contributed by atoms with van der Waals surface area (Å²) in [5.41, 5.74) is 1.75. The second-order valence-corrected chi connectivity index (χ2v) is 8.57. The van der Waals surface area contributed by atoms with Crippen molar-refractivity contribution in [1.29, 1.82) is 0 Å². The number of likely N-dealkylation sites (tertiary alicyclic amines) is 1. The first-order chi connectivity index (χ1) is 14.3. The number of nitrogens with zero attached hydrogens (tertiary/aromatic N) is 2. The van der Waals surface area contributed by atoms with Crippen LogP contribution in [0.3, 0.4) is 0 Å². The van der Waals surface area contributed by atoms with E-state index in [4.69, 9.17) is 5.11 Å². The van der Waals surface area contributed by atoms with Crippen LogP contribution in [0.25, 0.3) is 21.9 Å². The number of amides is 1. The Morgan fingerprint density at radius 1 is 1.17 bits per heavy atom. The largest absolute Gasteiger partial charge is 0.478 e. The van der Waals surface area contributed by atoms with E-state index in [2.05, 4.69) is 9.97 Å². The number of H-pyrrole nitrogens is 1. The van der Waals surface area contributed by atoms with Crippen LogP contribution in [0.15, 0.2) is 29.1 Å². The van der Waals surface area contributed by atoms with Gasteiger partial charge in [-0.1, -0.05) is 12.1 Å². The van der Waals surface area contributed by atoms with Gasteiger partial charge in [0, 0.05) is 18.0 Å². The van der Waals surface area contributed by atoms with Gasteiger partial charge in [-0.25, -0.2) is 9.78 Å². The van der Waals surface area contributed by atoms with E-state index in [1.807, 2.05) is 13.8 Å². The number of hydrogen-bond acceptors (Lipinski definition) is 5. The number of aromatic carboxylic acids is 1. The Labute approximate surface area is 176 Å². The summed E-state index contributed by atoms with van der Waals surface area (Å²) < 4.78 is 0. The fraction of sp³-hybridized carbons (Fsp3) is 0.273. The van der Waals surface area contributed by atoms with Gasteiger partial charge in [-0.05, 0) is 56.0 Å². The Kier molecular flexibility index (Phi) is 5.26. The minimum absolute atomic E-state index is 0.164. The number of carbonyl (C=O) groups excluding carboxylic acids is 1. The van der Waals surface area contributed by atoms with Gasteiger partial charge in [0.1, 0.15) is 10.7 Å². The molecule has 0 atom stereocenters. The number of aromatic amines is 1. The lowest BCUT2D eigenvalue weighted by atomic mass is 10.1. The van der Waals surface area contributed by atoms with Crippen LogP contribution in [-0.2, 0) is 4.79 Å². The molecule has 8 heteroatoms. The van der Waals surface area contributed by atoms with Gasteiger partial charge in [0.05, 0.1) is 16.5 Å². The number of rotatable bonds is 4. The van der Waals surface area contributed by atoms with Gasteiger partial charge in [0.15, 0.2) is 0 Å². The molecule has 4 rings (SSSR count). The third kappa shape index (κ3) is 3.66. The predicted octanol–water partition coefficient (Wildman–Crippen LogP) is 3.46. The van der Waals surface area contributed by atoms with Crippen LogP contribution in [-0.4, -0.2) is 44.9 Å². The molecule has 2 N–H and O–H groups in total. The van der Waals surface area contributed by atoms with E-state index < -0.39 is 5.97 Å². The summed E-state index contributed by atoms with van der Waals surface area (Å²) in [7, 11) is 0. The lowest BCUT2D eigenvalue weighted by Crippen LogP contribution is -2.29. The van der Waals surface area contributed by atoms with Gasteiger partial charge >= 0.3 is 5.97 Å². The average Bonchev–Trinajstić information content (AvgIpc) is 3.35. The summed E-state index contributed by atoms with van der Waals surface area (Å²) >= 11 is 1.43. The minimum Gasteiger partial charge on any atom is -0.478 e. The highest BCUT2D eigenvalue weighted by molar-refractivity contribution is 7.18. The Morgan fingerprint density at radius 2 is 1.83 bits per heavy atom. The molecule has 1 fully saturated rings. The number of nitrogens with one attached hydrogen (secondary N) is 1. The van der Waals surface area contributed by atoms with Crippen molar-refractivity contribution in [3.8, 4) is 0 Å². The zero-order valence-corrected chi connectivity index (χ0v) is 17.5. The van der Waals surface area contributed by atoms with Gasteiger partial charge < -0.3 is 15.0 Å². The summed E-state index contributed by atoms with van der Waals surface area (Å²) in [4.78, 5) is 47.9. The number of carboxylic acids is 1. The van der Waals surface area contributed by atoms with Crippen LogP contribution >= 0.6 is 11.3 Å². The first kappa shape index (κ1) is 20.0. The highest BCUT2D eigenvalue weighted by Crippen LogP contribution is 2.28. The van der Waals surface area contributed by atoms with Crippen LogP contribution in [0.2, 0.25) is 0 Å². The fourth-order valence-electron chi connectivity index (χ4n) is 3.59. The van der Waals surface area contributed by atoms with Crippen LogP contribution in [0.4, 0.5) is 0 Å². The fourth-order valence-corrected chi connectivity index (χ4v) is 4.62. The Balaban J connectivity index is 1.85. The van der Waals surface area contributed by atoms with Gasteiger partial charge in [-0.3, -0.25) is 9.59 Å². The summed E-state index contributed by atoms with van der Waals surface area (Å²) in [6.07, 6.45) is 3.54. The zero-order chi connectivity index (χ0) is 21.4. The molecule has 1 amide bonds. The molecule has 0 radical (unpaired) electrons. The molecule has 1 saturated heterocycles. The lowest BCUT2D eigenvalue weighted by Gasteiger charge is -2.17. The first-order valence-corrected chi connectivity index (χ1v) is 10.5. The van der Waals surface area contributed by atoms with Crippen molar-refractivity contribution in [2.75, 3.05) is 13.1 Å². The highest BCUT2D eigenvalue weighted by Gasteiger charge is 2.25. The molecule has 0 aliphatic carbocycles. The molecule has 7 nitrogen and oxygen atoms in total. The van der Waals surface area contributed by atoms with E-state index in [0.717, 1.165) is 23.3 Å². The molecule has 1 aromatic carbocycles. The molecule has 0 saturated carbocycles. The molecule has 0 bridgehead atoms. The number of thiophene rings is 1. The van der Waals surface area contributed by atoms with Gasteiger partial charge in [0.25, 0.3) is 11.5 Å². The molecule has 1 aliphatic heterocycles. The van der Waals surface area contributed by atoms with Gasteiger partial charge in [-0.15, -0.1) is 11.3 Å². The van der Waals surface area contributed by atoms with E-state index >= 15 is 0 Å². The van der Waals surface area contributed by atoms with E-state index in [0.29, 0.717) is 34.4 Å². The van der Waals surface area contributed by atoms with E-state index in [9.17, 15) is 14.4 Å². The molecule has 0 unspecified atom stereocenters. The van der Waals surface area contributed by atoms with E-state index in [-0.39, 0.29) is 22.9 Å². The molecule has 154 valence electrons. The monoisotopic (exact) mass is 423 g/mol. The number of aryl methyl sites for hydroxylation is 2. The van der Waals surface area contributed by atoms with Crippen molar-refractivity contribution >= 4 is 45.1 Å². The second-order valence-electron chi connectivity index (χ2n) is 7.36. The topological polar surface area (TPSA) is 103 Å². The molecular weight excluding hydrogens is 402 g/mol. The zero-order valence-electron chi connectivity index (χ0n) is 16.7. The maximum Gasteiger partial charge on any atom is 0.335 e.